The highest BCUT2D eigenvalue weighted by Gasteiger charge is 2.11. The molecular formula is C6H9N3O2. The van der Waals surface area contributed by atoms with Gasteiger partial charge in [-0.25, -0.2) is 4.98 Å². The number of H-pyrrole nitrogens is 1. The zero-order valence-corrected chi connectivity index (χ0v) is 5.82. The van der Waals surface area contributed by atoms with Crippen molar-refractivity contribution in [1.82, 2.24) is 9.97 Å². The van der Waals surface area contributed by atoms with Crippen LogP contribution in [0.2, 0.25) is 0 Å². The fraction of sp³-hybridized carbons (Fsp3) is 0.333. The molecule has 1 aromatic heterocycles. The molecule has 0 radical (unpaired) electrons. The maximum Gasteiger partial charge on any atom is 0.320 e. The Kier molecular flexibility index (Phi) is 2.22. The summed E-state index contributed by atoms with van der Waals surface area (Å²) in [4.78, 5) is 16.8. The van der Waals surface area contributed by atoms with Crippen molar-refractivity contribution in [2.45, 2.75) is 12.5 Å². The lowest BCUT2D eigenvalue weighted by atomic mass is 10.4. The number of nitrogens with two attached hydrogens (primary N) is 1. The Morgan fingerprint density at radius 1 is 1.91 bits per heavy atom. The van der Waals surface area contributed by atoms with Gasteiger partial charge in [0.15, 0.2) is 0 Å². The molecule has 1 rings (SSSR count). The molecule has 0 fully saturated rings. The normalized spacial score (nSPS) is 12.8. The van der Waals surface area contributed by atoms with Crippen LogP contribution in [0.4, 0.5) is 0 Å². The Labute approximate surface area is 63.3 Å². The smallest absolute Gasteiger partial charge is 0.320 e. The third-order valence-electron chi connectivity index (χ3n) is 1.31. The maximum atomic E-state index is 10.3. The van der Waals surface area contributed by atoms with E-state index in [0.717, 1.165) is 5.69 Å². The van der Waals surface area contributed by atoms with Gasteiger partial charge in [0, 0.05) is 18.3 Å². The average molecular weight is 156 g/mol. The van der Waals surface area contributed by atoms with Crippen molar-refractivity contribution in [3.63, 3.8) is 0 Å². The molecule has 5 heteroatoms. The fourth-order valence-corrected chi connectivity index (χ4v) is 0.721. The average Bonchev–Trinajstić information content (AvgIpc) is 2.39. The summed E-state index contributed by atoms with van der Waals surface area (Å²) in [5.74, 6) is -1.00. The quantitative estimate of drug-likeness (QED) is 0.508. The molecule has 0 aliphatic rings. The number of carboxylic acid groups (broad SMARTS) is 1. The number of aromatic nitrogens is 2. The van der Waals surface area contributed by atoms with E-state index in [4.69, 9.17) is 10.8 Å². The van der Waals surface area contributed by atoms with E-state index < -0.39 is 12.0 Å². The van der Waals surface area contributed by atoms with Crippen molar-refractivity contribution < 1.29 is 9.90 Å². The molecule has 0 aromatic carbocycles. The van der Waals surface area contributed by atoms with E-state index in [1.54, 1.807) is 6.20 Å². The van der Waals surface area contributed by atoms with Crippen LogP contribution < -0.4 is 5.73 Å². The second kappa shape index (κ2) is 3.16. The first kappa shape index (κ1) is 7.74. The van der Waals surface area contributed by atoms with E-state index in [1.165, 1.54) is 6.33 Å². The zero-order chi connectivity index (χ0) is 8.27. The van der Waals surface area contributed by atoms with Crippen molar-refractivity contribution in [2.24, 2.45) is 5.73 Å². The maximum absolute atomic E-state index is 10.3. The van der Waals surface area contributed by atoms with Gasteiger partial charge in [-0.15, -0.1) is 0 Å². The summed E-state index contributed by atoms with van der Waals surface area (Å²) >= 11 is 0. The molecular weight excluding hydrogens is 147 g/mol. The molecule has 60 valence electrons. The first-order valence-corrected chi connectivity index (χ1v) is 3.16. The highest BCUT2D eigenvalue weighted by atomic mass is 16.4. The largest absolute Gasteiger partial charge is 0.480 e. The number of hydrogen-bond donors (Lipinski definition) is 3. The van der Waals surface area contributed by atoms with Gasteiger partial charge in [-0.2, -0.15) is 0 Å². The number of nitrogens with one attached hydrogen (secondary N) is 1. The lowest BCUT2D eigenvalue weighted by Gasteiger charge is -2.02. The first-order valence-electron chi connectivity index (χ1n) is 3.16. The van der Waals surface area contributed by atoms with Crippen LogP contribution in [-0.2, 0) is 11.2 Å². The van der Waals surface area contributed by atoms with E-state index in [2.05, 4.69) is 9.97 Å². The van der Waals surface area contributed by atoms with E-state index in [9.17, 15) is 4.79 Å². The minimum atomic E-state index is -1.00. The Balaban J connectivity index is 2.50. The van der Waals surface area contributed by atoms with Gasteiger partial charge in [0.25, 0.3) is 0 Å². The van der Waals surface area contributed by atoms with Gasteiger partial charge in [0.1, 0.15) is 6.04 Å². The highest BCUT2D eigenvalue weighted by molar-refractivity contribution is 5.73. The minimum Gasteiger partial charge on any atom is -0.480 e. The summed E-state index contributed by atoms with van der Waals surface area (Å²) in [5, 5.41) is 8.42. The Hall–Kier alpha value is -1.36. The van der Waals surface area contributed by atoms with Gasteiger partial charge in [0.2, 0.25) is 0 Å². The standard InChI is InChI=1S/C6H9N3O2/c7-5(6(10)11)1-4-2-8-3-9-4/h2-3,5H,1,7H2,(H,8,9)(H,10,11)/i5+1. The zero-order valence-electron chi connectivity index (χ0n) is 5.82. The van der Waals surface area contributed by atoms with Crippen LogP contribution >= 0.6 is 0 Å². The van der Waals surface area contributed by atoms with Crippen LogP contribution in [0, 0.1) is 0 Å². The van der Waals surface area contributed by atoms with Crippen molar-refractivity contribution >= 4 is 5.97 Å². The molecule has 0 bridgehead atoms. The SMILES string of the molecule is N[13CH](Cc1cnc[nH]1)C(=O)O. The molecule has 0 saturated carbocycles. The third kappa shape index (κ3) is 2.05. The van der Waals surface area contributed by atoms with Crippen LogP contribution in [0.25, 0.3) is 0 Å². The topological polar surface area (TPSA) is 92.0 Å². The number of rotatable bonds is 3. The van der Waals surface area contributed by atoms with E-state index in [0.29, 0.717) is 0 Å². The number of hydrogen-bond acceptors (Lipinski definition) is 3. The molecule has 1 heterocycles. The molecule has 0 saturated heterocycles. The van der Waals surface area contributed by atoms with Crippen LogP contribution in [-0.4, -0.2) is 27.1 Å². The number of aromatic amines is 1. The van der Waals surface area contributed by atoms with Crippen LogP contribution in [0.3, 0.4) is 0 Å². The Morgan fingerprint density at radius 3 is 3.09 bits per heavy atom. The first-order chi connectivity index (χ1) is 5.20. The molecule has 5 nitrogen and oxygen atoms in total. The summed E-state index contributed by atoms with van der Waals surface area (Å²) in [6.45, 7) is 0. The van der Waals surface area contributed by atoms with E-state index in [1.807, 2.05) is 0 Å². The van der Waals surface area contributed by atoms with E-state index in [-0.39, 0.29) is 6.42 Å². The van der Waals surface area contributed by atoms with Gasteiger partial charge < -0.3 is 15.8 Å². The lowest BCUT2D eigenvalue weighted by molar-refractivity contribution is -0.138. The second-order valence-corrected chi connectivity index (χ2v) is 2.23. The van der Waals surface area contributed by atoms with Crippen molar-refractivity contribution in [3.8, 4) is 0 Å². The summed E-state index contributed by atoms with van der Waals surface area (Å²) in [5.41, 5.74) is 6.00. The molecule has 11 heavy (non-hydrogen) atoms. The van der Waals surface area contributed by atoms with Crippen LogP contribution in [0.1, 0.15) is 5.69 Å². The van der Waals surface area contributed by atoms with Crippen molar-refractivity contribution in [2.75, 3.05) is 0 Å². The van der Waals surface area contributed by atoms with Crippen molar-refractivity contribution in [1.29, 1.82) is 0 Å². The van der Waals surface area contributed by atoms with Gasteiger partial charge in [0.05, 0.1) is 6.33 Å². The van der Waals surface area contributed by atoms with Crippen LogP contribution in [0.15, 0.2) is 12.5 Å². The summed E-state index contributed by atoms with van der Waals surface area (Å²) in [7, 11) is 0. The molecule has 0 amide bonds. The molecule has 0 aliphatic carbocycles. The fourth-order valence-electron chi connectivity index (χ4n) is 0.721. The molecule has 1 atom stereocenters. The summed E-state index contributed by atoms with van der Waals surface area (Å²) < 4.78 is 0. The molecule has 0 spiro atoms. The number of aliphatic carboxylic acids is 1. The summed E-state index contributed by atoms with van der Waals surface area (Å²) in [6, 6.07) is -0.851. The predicted octanol–water partition coefficient (Wildman–Crippen LogP) is -0.636. The van der Waals surface area contributed by atoms with Crippen LogP contribution in [0.5, 0.6) is 0 Å². The number of nitrogens with zero attached hydrogens (tertiary/aromatic N) is 1. The Bertz CT molecular complexity index is 232. The number of imidazole rings is 1. The van der Waals surface area contributed by atoms with E-state index >= 15 is 0 Å². The monoisotopic (exact) mass is 156 g/mol. The third-order valence-corrected chi connectivity index (χ3v) is 1.31. The minimum absolute atomic E-state index is 0.287. The summed E-state index contributed by atoms with van der Waals surface area (Å²) in [6.07, 6.45) is 3.34. The Morgan fingerprint density at radius 2 is 2.64 bits per heavy atom. The predicted molar refractivity (Wildman–Crippen MR) is 37.9 cm³/mol. The molecule has 1 unspecified atom stereocenters. The second-order valence-electron chi connectivity index (χ2n) is 2.23. The lowest BCUT2D eigenvalue weighted by Crippen LogP contribution is -2.32. The molecule has 4 N–H and O–H groups in total. The highest BCUT2D eigenvalue weighted by Crippen LogP contribution is 1.95. The number of carbonyl (C=O) groups is 1. The molecule has 0 aliphatic heterocycles. The van der Waals surface area contributed by atoms with Crippen molar-refractivity contribution in [3.05, 3.63) is 18.2 Å². The van der Waals surface area contributed by atoms with Gasteiger partial charge in [-0.1, -0.05) is 0 Å². The molecule has 1 aromatic rings. The number of carboxylic acids is 1. The van der Waals surface area contributed by atoms with Gasteiger partial charge in [-0.05, 0) is 0 Å². The van der Waals surface area contributed by atoms with Gasteiger partial charge >= 0.3 is 5.97 Å². The van der Waals surface area contributed by atoms with Gasteiger partial charge in [-0.3, -0.25) is 4.79 Å².